The van der Waals surface area contributed by atoms with Gasteiger partial charge in [-0.15, -0.1) is 0 Å². The third kappa shape index (κ3) is 11.9. The van der Waals surface area contributed by atoms with Gasteiger partial charge in [-0.1, -0.05) is 64.2 Å². The quantitative estimate of drug-likeness (QED) is 0.259. The van der Waals surface area contributed by atoms with E-state index in [1.165, 1.54) is 38.5 Å². The predicted molar refractivity (Wildman–Crippen MR) is 99.6 cm³/mol. The summed E-state index contributed by atoms with van der Waals surface area (Å²) in [7, 11) is 0. The predicted octanol–water partition coefficient (Wildman–Crippen LogP) is 5.85. The number of ether oxygens (including phenoxy) is 1. The average Bonchev–Trinajstić information content (AvgIpc) is 2.58. The fraction of sp³-hybridized carbons (Fsp3) is 0.619. The van der Waals surface area contributed by atoms with Gasteiger partial charge >= 0.3 is 5.97 Å². The van der Waals surface area contributed by atoms with E-state index >= 15 is 0 Å². The Kier molecular flexibility index (Phi) is 11.7. The van der Waals surface area contributed by atoms with Gasteiger partial charge in [0.25, 0.3) is 0 Å². The first-order chi connectivity index (χ1) is 11.7. The average molecular weight is 332 g/mol. The van der Waals surface area contributed by atoms with Gasteiger partial charge in [-0.3, -0.25) is 9.78 Å². The minimum absolute atomic E-state index is 0.145. The van der Waals surface area contributed by atoms with Crippen molar-refractivity contribution in [2.75, 3.05) is 0 Å². The molecule has 0 bridgehead atoms. The zero-order chi connectivity index (χ0) is 17.5. The molecule has 1 heterocycles. The largest absolute Gasteiger partial charge is 0.461 e. The van der Waals surface area contributed by atoms with Gasteiger partial charge in [0.1, 0.15) is 6.61 Å². The lowest BCUT2D eigenvalue weighted by molar-refractivity contribution is -0.144. The van der Waals surface area contributed by atoms with Gasteiger partial charge in [-0.05, 0) is 31.2 Å². The maximum absolute atomic E-state index is 11.6. The molecule has 134 valence electrons. The van der Waals surface area contributed by atoms with Crippen LogP contribution in [0.2, 0.25) is 0 Å². The van der Waals surface area contributed by atoms with Crippen LogP contribution >= 0.6 is 0 Å². The van der Waals surface area contributed by atoms with Crippen LogP contribution in [0.5, 0.6) is 0 Å². The lowest BCUT2D eigenvalue weighted by Gasteiger charge is -2.03. The van der Waals surface area contributed by atoms with E-state index in [1.807, 2.05) is 12.1 Å². The molecule has 0 amide bonds. The minimum atomic E-state index is -0.145. The molecule has 1 rings (SSSR count). The molecule has 0 aliphatic rings. The van der Waals surface area contributed by atoms with Gasteiger partial charge in [0.2, 0.25) is 0 Å². The molecule has 3 nitrogen and oxygen atoms in total. The molecule has 0 radical (unpaired) electrons. The van der Waals surface area contributed by atoms with Crippen LogP contribution < -0.4 is 0 Å². The molecule has 0 saturated heterocycles. The number of carbonyl (C=O) groups excluding carboxylic acids is 1. The Morgan fingerprint density at radius 2 is 1.88 bits per heavy atom. The maximum Gasteiger partial charge on any atom is 0.306 e. The molecule has 0 spiro atoms. The summed E-state index contributed by atoms with van der Waals surface area (Å²) in [6.07, 6.45) is 18.1. The Hall–Kier alpha value is -1.64. The second kappa shape index (κ2) is 13.8. The van der Waals surface area contributed by atoms with Crippen LogP contribution in [0.3, 0.4) is 0 Å². The molecular formula is C21H33NO2. The molecule has 0 fully saturated rings. The Labute approximate surface area is 147 Å². The molecule has 1 aromatic rings. The topological polar surface area (TPSA) is 39.2 Å². The number of hydrogen-bond acceptors (Lipinski definition) is 3. The van der Waals surface area contributed by atoms with Gasteiger partial charge in [-0.25, -0.2) is 0 Å². The van der Waals surface area contributed by atoms with Crippen LogP contribution in [0, 0.1) is 5.92 Å². The number of nitrogens with zero attached hydrogens (tertiary/aromatic N) is 1. The first-order valence-corrected chi connectivity index (χ1v) is 9.38. The van der Waals surface area contributed by atoms with Crippen molar-refractivity contribution in [3.8, 4) is 0 Å². The molecule has 1 aromatic heterocycles. The Morgan fingerprint density at radius 1 is 1.12 bits per heavy atom. The van der Waals surface area contributed by atoms with E-state index in [1.54, 1.807) is 12.4 Å². The van der Waals surface area contributed by atoms with Crippen molar-refractivity contribution in [1.29, 1.82) is 0 Å². The monoisotopic (exact) mass is 331 g/mol. The number of allylic oxidation sites excluding steroid dienone is 2. The number of rotatable bonds is 13. The molecule has 3 heteroatoms. The number of pyridine rings is 1. The number of esters is 1. The second-order valence-corrected chi connectivity index (χ2v) is 6.77. The Balaban J connectivity index is 1.91. The summed E-state index contributed by atoms with van der Waals surface area (Å²) >= 11 is 0. The smallest absolute Gasteiger partial charge is 0.306 e. The molecule has 0 aromatic carbocycles. The zero-order valence-corrected chi connectivity index (χ0v) is 15.4. The number of unbranched alkanes of at least 4 members (excludes halogenated alkanes) is 5. The van der Waals surface area contributed by atoms with Crippen molar-refractivity contribution >= 4 is 5.97 Å². The van der Waals surface area contributed by atoms with Crippen LogP contribution in [-0.4, -0.2) is 11.0 Å². The van der Waals surface area contributed by atoms with Crippen molar-refractivity contribution in [2.45, 2.75) is 78.2 Å². The lowest BCUT2D eigenvalue weighted by Crippen LogP contribution is -2.03. The van der Waals surface area contributed by atoms with Crippen LogP contribution in [0.25, 0.3) is 0 Å². The SMILES string of the molecule is CC(C)CCCCCCC/C=C\CCC(=O)OCc1cccnc1. The highest BCUT2D eigenvalue weighted by Crippen LogP contribution is 2.11. The third-order valence-electron chi connectivity index (χ3n) is 3.96. The Morgan fingerprint density at radius 3 is 2.62 bits per heavy atom. The summed E-state index contributed by atoms with van der Waals surface area (Å²) in [6.45, 7) is 4.89. The van der Waals surface area contributed by atoms with Crippen molar-refractivity contribution in [1.82, 2.24) is 4.98 Å². The van der Waals surface area contributed by atoms with Gasteiger partial charge in [0.15, 0.2) is 0 Å². The van der Waals surface area contributed by atoms with Crippen LogP contribution in [0.15, 0.2) is 36.7 Å². The molecule has 0 saturated carbocycles. The van der Waals surface area contributed by atoms with E-state index in [-0.39, 0.29) is 5.97 Å². The molecule has 0 aliphatic carbocycles. The van der Waals surface area contributed by atoms with E-state index in [0.29, 0.717) is 13.0 Å². The zero-order valence-electron chi connectivity index (χ0n) is 15.4. The fourth-order valence-electron chi connectivity index (χ4n) is 2.50. The molecule has 0 N–H and O–H groups in total. The fourth-order valence-corrected chi connectivity index (χ4v) is 2.50. The number of hydrogen-bond donors (Lipinski definition) is 0. The van der Waals surface area contributed by atoms with Crippen molar-refractivity contribution in [2.24, 2.45) is 5.92 Å². The highest BCUT2D eigenvalue weighted by atomic mass is 16.5. The van der Waals surface area contributed by atoms with E-state index in [4.69, 9.17) is 4.74 Å². The van der Waals surface area contributed by atoms with Crippen LogP contribution in [0.1, 0.15) is 77.2 Å². The highest BCUT2D eigenvalue weighted by Gasteiger charge is 2.01. The summed E-state index contributed by atoms with van der Waals surface area (Å²) in [5.74, 6) is 0.692. The van der Waals surface area contributed by atoms with Gasteiger partial charge in [0.05, 0.1) is 0 Å². The lowest BCUT2D eigenvalue weighted by atomic mass is 10.0. The molecule has 0 aliphatic heterocycles. The van der Waals surface area contributed by atoms with Crippen molar-refractivity contribution < 1.29 is 9.53 Å². The van der Waals surface area contributed by atoms with Gasteiger partial charge in [-0.2, -0.15) is 0 Å². The van der Waals surface area contributed by atoms with Crippen LogP contribution in [0.4, 0.5) is 0 Å². The third-order valence-corrected chi connectivity index (χ3v) is 3.96. The number of aromatic nitrogens is 1. The van der Waals surface area contributed by atoms with Gasteiger partial charge in [0, 0.05) is 24.4 Å². The minimum Gasteiger partial charge on any atom is -0.461 e. The van der Waals surface area contributed by atoms with E-state index < -0.39 is 0 Å². The number of carbonyl (C=O) groups is 1. The maximum atomic E-state index is 11.6. The second-order valence-electron chi connectivity index (χ2n) is 6.77. The molecule has 0 unspecified atom stereocenters. The summed E-state index contributed by atoms with van der Waals surface area (Å²) in [4.78, 5) is 15.6. The standard InChI is InChI=1S/C21H33NO2/c1-19(2)13-10-8-6-4-3-5-7-9-11-15-21(23)24-18-20-14-12-16-22-17-20/h7,9,12,14,16-17,19H,3-6,8,10-11,13,15,18H2,1-2H3/b9-7-. The summed E-state index contributed by atoms with van der Waals surface area (Å²) < 4.78 is 5.21. The van der Waals surface area contributed by atoms with E-state index in [2.05, 4.69) is 31.0 Å². The van der Waals surface area contributed by atoms with Crippen molar-refractivity contribution in [3.63, 3.8) is 0 Å². The normalized spacial score (nSPS) is 11.3. The highest BCUT2D eigenvalue weighted by molar-refractivity contribution is 5.69. The van der Waals surface area contributed by atoms with E-state index in [0.717, 1.165) is 24.3 Å². The summed E-state index contributed by atoms with van der Waals surface area (Å²) in [5, 5.41) is 0. The summed E-state index contributed by atoms with van der Waals surface area (Å²) in [5.41, 5.74) is 0.926. The first kappa shape index (κ1) is 20.4. The summed E-state index contributed by atoms with van der Waals surface area (Å²) in [6, 6.07) is 3.75. The Bertz CT molecular complexity index is 454. The van der Waals surface area contributed by atoms with Crippen LogP contribution in [-0.2, 0) is 16.1 Å². The first-order valence-electron chi connectivity index (χ1n) is 9.38. The van der Waals surface area contributed by atoms with Crippen molar-refractivity contribution in [3.05, 3.63) is 42.2 Å². The van der Waals surface area contributed by atoms with Gasteiger partial charge < -0.3 is 4.74 Å². The molecular weight excluding hydrogens is 298 g/mol. The van der Waals surface area contributed by atoms with E-state index in [9.17, 15) is 4.79 Å². The molecule has 24 heavy (non-hydrogen) atoms. The molecule has 0 atom stereocenters.